The Hall–Kier alpha value is -4.59. The molecule has 5 rings (SSSR count). The van der Waals surface area contributed by atoms with Crippen molar-refractivity contribution in [3.8, 4) is 11.5 Å². The summed E-state index contributed by atoms with van der Waals surface area (Å²) < 4.78 is 24.5. The number of methoxy groups -OCH3 is 2. The third-order valence-corrected chi connectivity index (χ3v) is 6.69. The van der Waals surface area contributed by atoms with E-state index in [9.17, 15) is 19.1 Å². The van der Waals surface area contributed by atoms with Crippen molar-refractivity contribution in [1.82, 2.24) is 9.88 Å². The number of amides is 1. The number of Topliss-reactive ketones (excluding diaryl/α,β-unsaturated/α-hetero) is 1. The number of H-pyrrole nitrogens is 1. The molecule has 1 saturated heterocycles. The molecule has 1 aliphatic rings. The van der Waals surface area contributed by atoms with E-state index in [0.29, 0.717) is 23.5 Å². The summed E-state index contributed by atoms with van der Waals surface area (Å²) in [7, 11) is 3.00. The lowest BCUT2D eigenvalue weighted by atomic mass is 9.94. The largest absolute Gasteiger partial charge is 0.507 e. The molecule has 2 heterocycles. The van der Waals surface area contributed by atoms with Gasteiger partial charge < -0.3 is 24.5 Å². The first-order valence-electron chi connectivity index (χ1n) is 11.7. The van der Waals surface area contributed by atoms with Crippen LogP contribution in [0.2, 0.25) is 0 Å². The van der Waals surface area contributed by atoms with E-state index >= 15 is 0 Å². The number of fused-ring (bicyclic) bond motifs is 1. The molecule has 1 atom stereocenters. The molecule has 188 valence electrons. The molecule has 0 radical (unpaired) electrons. The number of carbonyl (C=O) groups is 2. The van der Waals surface area contributed by atoms with Gasteiger partial charge in [-0.15, -0.1) is 0 Å². The first-order chi connectivity index (χ1) is 17.9. The summed E-state index contributed by atoms with van der Waals surface area (Å²) in [4.78, 5) is 31.4. The number of nitrogens with zero attached hydrogens (tertiary/aromatic N) is 1. The van der Waals surface area contributed by atoms with Gasteiger partial charge in [0.05, 0.1) is 25.8 Å². The molecule has 0 bridgehead atoms. The normalized spacial score (nSPS) is 16.9. The number of likely N-dealkylation sites (tertiary alicyclic amines) is 1. The van der Waals surface area contributed by atoms with Gasteiger partial charge >= 0.3 is 0 Å². The van der Waals surface area contributed by atoms with Crippen LogP contribution in [0.5, 0.6) is 11.5 Å². The molecule has 3 aromatic carbocycles. The number of aromatic nitrogens is 1. The maximum atomic E-state index is 13.5. The standard InChI is InChI=1S/C29H25FN2O5/c1-36-20-11-12-24(37-2)22(15-20)26-25(27(33)17-7-9-19(30)10-8-17)28(34)29(35)32(26)14-13-18-16-31-23-6-4-3-5-21(18)23/h3-12,15-16,26,31,33H,13-14H2,1-2H3/b27-25-. The van der Waals surface area contributed by atoms with Crippen LogP contribution in [-0.4, -0.2) is 47.4 Å². The van der Waals surface area contributed by atoms with Crippen molar-refractivity contribution in [3.05, 3.63) is 101 Å². The van der Waals surface area contributed by atoms with Crippen molar-refractivity contribution < 1.29 is 28.6 Å². The average molecular weight is 501 g/mol. The highest BCUT2D eigenvalue weighted by Crippen LogP contribution is 2.44. The van der Waals surface area contributed by atoms with Gasteiger partial charge in [-0.3, -0.25) is 9.59 Å². The first-order valence-corrected chi connectivity index (χ1v) is 11.7. The van der Waals surface area contributed by atoms with Gasteiger partial charge in [-0.05, 0) is 60.5 Å². The second-order valence-electron chi connectivity index (χ2n) is 8.72. The molecule has 1 aliphatic heterocycles. The fourth-order valence-corrected chi connectivity index (χ4v) is 4.83. The zero-order valence-electron chi connectivity index (χ0n) is 20.3. The maximum absolute atomic E-state index is 13.5. The van der Waals surface area contributed by atoms with Gasteiger partial charge in [0.1, 0.15) is 23.1 Å². The number of rotatable bonds is 7. The van der Waals surface area contributed by atoms with Crippen molar-refractivity contribution in [2.45, 2.75) is 12.5 Å². The van der Waals surface area contributed by atoms with Gasteiger partial charge in [0.2, 0.25) is 0 Å². The summed E-state index contributed by atoms with van der Waals surface area (Å²) in [6.07, 6.45) is 2.36. The molecular weight excluding hydrogens is 475 g/mol. The van der Waals surface area contributed by atoms with Crippen LogP contribution in [-0.2, 0) is 16.0 Å². The minimum Gasteiger partial charge on any atom is -0.507 e. The Labute approximate surface area is 212 Å². The second kappa shape index (κ2) is 9.81. The van der Waals surface area contributed by atoms with Crippen LogP contribution in [0.25, 0.3) is 16.7 Å². The predicted octanol–water partition coefficient (Wildman–Crippen LogP) is 4.99. The number of halogens is 1. The molecule has 37 heavy (non-hydrogen) atoms. The first kappa shape index (κ1) is 24.1. The molecule has 0 spiro atoms. The average Bonchev–Trinajstić information content (AvgIpc) is 3.45. The van der Waals surface area contributed by atoms with Crippen molar-refractivity contribution in [2.24, 2.45) is 0 Å². The number of carbonyl (C=O) groups excluding carboxylic acids is 2. The lowest BCUT2D eigenvalue weighted by molar-refractivity contribution is -0.139. The quantitative estimate of drug-likeness (QED) is 0.212. The summed E-state index contributed by atoms with van der Waals surface area (Å²) in [5.41, 5.74) is 2.59. The smallest absolute Gasteiger partial charge is 0.295 e. The van der Waals surface area contributed by atoms with E-state index in [1.807, 2.05) is 30.5 Å². The van der Waals surface area contributed by atoms with E-state index in [2.05, 4.69) is 4.98 Å². The molecule has 1 unspecified atom stereocenters. The highest BCUT2D eigenvalue weighted by molar-refractivity contribution is 6.46. The van der Waals surface area contributed by atoms with Crippen LogP contribution >= 0.6 is 0 Å². The summed E-state index contributed by atoms with van der Waals surface area (Å²) in [5, 5.41) is 12.2. The van der Waals surface area contributed by atoms with Crippen LogP contribution < -0.4 is 9.47 Å². The third kappa shape index (κ3) is 4.31. The molecule has 1 fully saturated rings. The number of ether oxygens (including phenoxy) is 2. The second-order valence-corrected chi connectivity index (χ2v) is 8.72. The Morgan fingerprint density at radius 3 is 2.51 bits per heavy atom. The van der Waals surface area contributed by atoms with Crippen molar-refractivity contribution in [1.29, 1.82) is 0 Å². The monoisotopic (exact) mass is 500 g/mol. The van der Waals surface area contributed by atoms with Crippen LogP contribution in [0.3, 0.4) is 0 Å². The number of aliphatic hydroxyl groups excluding tert-OH is 1. The Kier molecular flexibility index (Phi) is 6.40. The van der Waals surface area contributed by atoms with E-state index in [1.54, 1.807) is 18.2 Å². The molecule has 8 heteroatoms. The van der Waals surface area contributed by atoms with E-state index in [-0.39, 0.29) is 23.4 Å². The number of aromatic amines is 1. The molecule has 1 amide bonds. The molecule has 0 aliphatic carbocycles. The highest BCUT2D eigenvalue weighted by atomic mass is 19.1. The zero-order valence-corrected chi connectivity index (χ0v) is 20.3. The molecule has 0 saturated carbocycles. The topological polar surface area (TPSA) is 91.9 Å². The highest BCUT2D eigenvalue weighted by Gasteiger charge is 2.47. The number of aliphatic hydroxyl groups is 1. The van der Waals surface area contributed by atoms with Crippen molar-refractivity contribution in [3.63, 3.8) is 0 Å². The third-order valence-electron chi connectivity index (χ3n) is 6.69. The lowest BCUT2D eigenvalue weighted by Gasteiger charge is -2.27. The predicted molar refractivity (Wildman–Crippen MR) is 137 cm³/mol. The van der Waals surface area contributed by atoms with Crippen molar-refractivity contribution >= 4 is 28.4 Å². The summed E-state index contributed by atoms with van der Waals surface area (Å²) >= 11 is 0. The molecule has 7 nitrogen and oxygen atoms in total. The summed E-state index contributed by atoms with van der Waals surface area (Å²) in [6.45, 7) is 0.206. The van der Waals surface area contributed by atoms with Gasteiger partial charge in [0, 0.05) is 34.8 Å². The Bertz CT molecular complexity index is 1520. The Balaban J connectivity index is 1.63. The van der Waals surface area contributed by atoms with Gasteiger partial charge in [-0.25, -0.2) is 4.39 Å². The number of ketones is 1. The maximum Gasteiger partial charge on any atom is 0.295 e. The van der Waals surface area contributed by atoms with Gasteiger partial charge in [0.25, 0.3) is 11.7 Å². The molecule has 4 aromatic rings. The minimum atomic E-state index is -0.944. The Morgan fingerprint density at radius 2 is 1.78 bits per heavy atom. The number of benzene rings is 3. The summed E-state index contributed by atoms with van der Waals surface area (Å²) in [6, 6.07) is 17.1. The fraction of sp³-hybridized carbons (Fsp3) is 0.172. The minimum absolute atomic E-state index is 0.0953. The van der Waals surface area contributed by atoms with E-state index < -0.39 is 23.5 Å². The van der Waals surface area contributed by atoms with E-state index in [0.717, 1.165) is 16.5 Å². The van der Waals surface area contributed by atoms with Crippen LogP contribution in [0.15, 0.2) is 78.5 Å². The number of hydrogen-bond acceptors (Lipinski definition) is 5. The SMILES string of the molecule is COc1ccc(OC)c(C2/C(=C(/O)c3ccc(F)cc3)C(=O)C(=O)N2CCc2c[nH]c3ccccc23)c1. The molecule has 2 N–H and O–H groups in total. The van der Waals surface area contributed by atoms with Gasteiger partial charge in [0.15, 0.2) is 0 Å². The number of para-hydroxylation sites is 1. The lowest BCUT2D eigenvalue weighted by Crippen LogP contribution is -2.31. The van der Waals surface area contributed by atoms with E-state index in [4.69, 9.17) is 9.47 Å². The Morgan fingerprint density at radius 1 is 1.03 bits per heavy atom. The van der Waals surface area contributed by atoms with Crippen LogP contribution in [0.4, 0.5) is 4.39 Å². The summed E-state index contributed by atoms with van der Waals surface area (Å²) in [5.74, 6) is -1.51. The molecule has 1 aromatic heterocycles. The van der Waals surface area contributed by atoms with E-state index in [1.165, 1.54) is 43.4 Å². The fourth-order valence-electron chi connectivity index (χ4n) is 4.83. The number of hydrogen-bond donors (Lipinski definition) is 2. The van der Waals surface area contributed by atoms with Crippen LogP contribution in [0.1, 0.15) is 22.7 Å². The van der Waals surface area contributed by atoms with Crippen molar-refractivity contribution in [2.75, 3.05) is 20.8 Å². The van der Waals surface area contributed by atoms with Crippen LogP contribution in [0, 0.1) is 5.82 Å². The molecular formula is C29H25FN2O5. The number of nitrogens with one attached hydrogen (secondary N) is 1. The van der Waals surface area contributed by atoms with Gasteiger partial charge in [-0.1, -0.05) is 18.2 Å². The van der Waals surface area contributed by atoms with Gasteiger partial charge in [-0.2, -0.15) is 0 Å². The zero-order chi connectivity index (χ0) is 26.1.